The van der Waals surface area contributed by atoms with E-state index < -0.39 is 0 Å². The number of esters is 1. The summed E-state index contributed by atoms with van der Waals surface area (Å²) in [4.78, 5) is 15.2. The fourth-order valence-electron chi connectivity index (χ4n) is 3.42. The number of rotatable bonds is 3. The highest BCUT2D eigenvalue weighted by molar-refractivity contribution is 7.11. The predicted molar refractivity (Wildman–Crippen MR) is 76.5 cm³/mol. The first-order chi connectivity index (χ1) is 9.34. The van der Waals surface area contributed by atoms with E-state index >= 15 is 0 Å². The third-order valence-electron chi connectivity index (χ3n) is 4.38. The Balaban J connectivity index is 1.55. The Morgan fingerprint density at radius 1 is 1.32 bits per heavy atom. The second-order valence-electron chi connectivity index (χ2n) is 5.58. The van der Waals surface area contributed by atoms with Gasteiger partial charge in [-0.15, -0.1) is 11.3 Å². The molecule has 0 unspecified atom stereocenters. The lowest BCUT2D eigenvalue weighted by molar-refractivity contribution is 0.00770. The molecule has 0 spiro atoms. The Morgan fingerprint density at radius 2 is 2.21 bits per heavy atom. The first-order valence-electron chi connectivity index (χ1n) is 7.29. The largest absolute Gasteiger partial charge is 0.461 e. The van der Waals surface area contributed by atoms with Gasteiger partial charge in [0.05, 0.1) is 6.61 Å². The van der Waals surface area contributed by atoms with Crippen LogP contribution in [0.1, 0.15) is 41.8 Å². The molecule has 2 atom stereocenters. The van der Waals surface area contributed by atoms with E-state index in [1.165, 1.54) is 56.5 Å². The summed E-state index contributed by atoms with van der Waals surface area (Å²) in [6.07, 6.45) is 6.40. The fourth-order valence-corrected chi connectivity index (χ4v) is 4.04. The SMILES string of the molecule is O=C(OC[C@H]1CCCN2CCCC[C@H]12)c1cccs1. The molecule has 19 heavy (non-hydrogen) atoms. The molecule has 0 bridgehead atoms. The van der Waals surface area contributed by atoms with Crippen molar-refractivity contribution in [3.05, 3.63) is 22.4 Å². The summed E-state index contributed by atoms with van der Waals surface area (Å²) in [7, 11) is 0. The maximum Gasteiger partial charge on any atom is 0.348 e. The van der Waals surface area contributed by atoms with Crippen LogP contribution in [0.5, 0.6) is 0 Å². The summed E-state index contributed by atoms with van der Waals surface area (Å²) < 4.78 is 5.52. The van der Waals surface area contributed by atoms with Gasteiger partial charge in [0.2, 0.25) is 0 Å². The van der Waals surface area contributed by atoms with Crippen LogP contribution in [0.15, 0.2) is 17.5 Å². The number of hydrogen-bond donors (Lipinski definition) is 0. The molecule has 1 aromatic heterocycles. The van der Waals surface area contributed by atoms with Crippen molar-refractivity contribution in [2.45, 2.75) is 38.1 Å². The summed E-state index contributed by atoms with van der Waals surface area (Å²) in [6, 6.07) is 4.38. The molecule has 3 heterocycles. The molecule has 0 N–H and O–H groups in total. The summed E-state index contributed by atoms with van der Waals surface area (Å²) in [6.45, 7) is 3.07. The molecule has 0 aliphatic carbocycles. The summed E-state index contributed by atoms with van der Waals surface area (Å²) >= 11 is 1.46. The Hall–Kier alpha value is -0.870. The zero-order valence-electron chi connectivity index (χ0n) is 11.2. The lowest BCUT2D eigenvalue weighted by Crippen LogP contribution is -2.49. The van der Waals surface area contributed by atoms with Crippen molar-refractivity contribution in [1.29, 1.82) is 0 Å². The molecule has 104 valence electrons. The third kappa shape index (κ3) is 3.00. The van der Waals surface area contributed by atoms with E-state index in [0.29, 0.717) is 18.6 Å². The molecule has 0 saturated carbocycles. The van der Waals surface area contributed by atoms with Gasteiger partial charge in [-0.25, -0.2) is 4.79 Å². The Labute approximate surface area is 118 Å². The van der Waals surface area contributed by atoms with E-state index in [-0.39, 0.29) is 5.97 Å². The van der Waals surface area contributed by atoms with Crippen molar-refractivity contribution >= 4 is 17.3 Å². The Bertz CT molecular complexity index is 416. The molecule has 2 aliphatic heterocycles. The molecular weight excluding hydrogens is 258 g/mol. The molecule has 4 heteroatoms. The number of nitrogens with zero attached hydrogens (tertiary/aromatic N) is 1. The predicted octanol–water partition coefficient (Wildman–Crippen LogP) is 3.17. The second-order valence-corrected chi connectivity index (χ2v) is 6.52. The monoisotopic (exact) mass is 279 g/mol. The average Bonchev–Trinajstić information content (AvgIpc) is 2.99. The number of ether oxygens (including phenoxy) is 1. The van der Waals surface area contributed by atoms with Crippen LogP contribution in [0.3, 0.4) is 0 Å². The number of thiophene rings is 1. The molecule has 1 aromatic rings. The third-order valence-corrected chi connectivity index (χ3v) is 5.23. The summed E-state index contributed by atoms with van der Waals surface area (Å²) in [5, 5.41) is 1.92. The molecule has 0 aromatic carbocycles. The lowest BCUT2D eigenvalue weighted by atomic mass is 9.84. The average molecular weight is 279 g/mol. The van der Waals surface area contributed by atoms with Gasteiger partial charge in [0.15, 0.2) is 0 Å². The van der Waals surface area contributed by atoms with Crippen molar-refractivity contribution in [3.63, 3.8) is 0 Å². The van der Waals surface area contributed by atoms with Crippen LogP contribution in [-0.2, 0) is 4.74 Å². The maximum absolute atomic E-state index is 11.9. The molecular formula is C15H21NO2S. The van der Waals surface area contributed by atoms with Crippen LogP contribution >= 0.6 is 11.3 Å². The highest BCUT2D eigenvalue weighted by Crippen LogP contribution is 2.31. The highest BCUT2D eigenvalue weighted by Gasteiger charge is 2.33. The van der Waals surface area contributed by atoms with Gasteiger partial charge in [-0.2, -0.15) is 0 Å². The summed E-state index contributed by atoms with van der Waals surface area (Å²) in [5.41, 5.74) is 0. The first kappa shape index (κ1) is 13.1. The number of fused-ring (bicyclic) bond motifs is 1. The van der Waals surface area contributed by atoms with Gasteiger partial charge in [0.1, 0.15) is 4.88 Å². The number of carbonyl (C=O) groups excluding carboxylic acids is 1. The molecule has 2 fully saturated rings. The zero-order chi connectivity index (χ0) is 13.1. The van der Waals surface area contributed by atoms with Crippen LogP contribution < -0.4 is 0 Å². The van der Waals surface area contributed by atoms with E-state index in [2.05, 4.69) is 4.90 Å². The van der Waals surface area contributed by atoms with Crippen LogP contribution in [0.4, 0.5) is 0 Å². The van der Waals surface area contributed by atoms with Gasteiger partial charge in [0.25, 0.3) is 0 Å². The fraction of sp³-hybridized carbons (Fsp3) is 0.667. The molecule has 3 rings (SSSR count). The normalized spacial score (nSPS) is 27.8. The van der Waals surface area contributed by atoms with Crippen LogP contribution in [0.2, 0.25) is 0 Å². The van der Waals surface area contributed by atoms with E-state index in [1.807, 2.05) is 17.5 Å². The number of hydrogen-bond acceptors (Lipinski definition) is 4. The van der Waals surface area contributed by atoms with Gasteiger partial charge < -0.3 is 4.74 Å². The Morgan fingerprint density at radius 3 is 3.05 bits per heavy atom. The second kappa shape index (κ2) is 6.06. The number of piperidine rings is 2. The van der Waals surface area contributed by atoms with Gasteiger partial charge in [0, 0.05) is 12.0 Å². The molecule has 2 saturated heterocycles. The topological polar surface area (TPSA) is 29.5 Å². The van der Waals surface area contributed by atoms with Crippen LogP contribution in [-0.4, -0.2) is 36.6 Å². The first-order valence-corrected chi connectivity index (χ1v) is 8.17. The molecule has 2 aliphatic rings. The Kier molecular flexibility index (Phi) is 4.18. The van der Waals surface area contributed by atoms with Crippen molar-refractivity contribution in [2.24, 2.45) is 5.92 Å². The van der Waals surface area contributed by atoms with Crippen LogP contribution in [0.25, 0.3) is 0 Å². The zero-order valence-corrected chi connectivity index (χ0v) is 12.0. The van der Waals surface area contributed by atoms with Gasteiger partial charge in [-0.3, -0.25) is 4.90 Å². The van der Waals surface area contributed by atoms with Crippen molar-refractivity contribution < 1.29 is 9.53 Å². The minimum absolute atomic E-state index is 0.150. The van der Waals surface area contributed by atoms with Crippen molar-refractivity contribution in [3.8, 4) is 0 Å². The van der Waals surface area contributed by atoms with E-state index in [9.17, 15) is 4.79 Å². The molecule has 0 amide bonds. The molecule has 3 nitrogen and oxygen atoms in total. The van der Waals surface area contributed by atoms with Gasteiger partial charge in [-0.1, -0.05) is 12.5 Å². The smallest absolute Gasteiger partial charge is 0.348 e. The van der Waals surface area contributed by atoms with Crippen molar-refractivity contribution in [2.75, 3.05) is 19.7 Å². The maximum atomic E-state index is 11.9. The van der Waals surface area contributed by atoms with Gasteiger partial charge >= 0.3 is 5.97 Å². The quantitative estimate of drug-likeness (QED) is 0.796. The molecule has 0 radical (unpaired) electrons. The minimum atomic E-state index is -0.150. The van der Waals surface area contributed by atoms with Crippen LogP contribution in [0, 0.1) is 5.92 Å². The van der Waals surface area contributed by atoms with E-state index in [4.69, 9.17) is 4.74 Å². The van der Waals surface area contributed by atoms with E-state index in [1.54, 1.807) is 0 Å². The van der Waals surface area contributed by atoms with Gasteiger partial charge in [-0.05, 0) is 50.2 Å². The minimum Gasteiger partial charge on any atom is -0.461 e. The highest BCUT2D eigenvalue weighted by atomic mass is 32.1. The van der Waals surface area contributed by atoms with Crippen molar-refractivity contribution in [1.82, 2.24) is 4.90 Å². The van der Waals surface area contributed by atoms with E-state index in [0.717, 1.165) is 4.88 Å². The summed E-state index contributed by atoms with van der Waals surface area (Å²) in [5.74, 6) is 0.390. The number of carbonyl (C=O) groups is 1. The standard InChI is InChI=1S/C15H21NO2S/c17-15(14-7-4-10-19-14)18-11-12-5-3-9-16-8-2-1-6-13(12)16/h4,7,10,12-13H,1-3,5-6,8-9,11H2/t12-,13-/m1/s1. The lowest BCUT2D eigenvalue weighted by Gasteiger charge is -2.44.